The van der Waals surface area contributed by atoms with Gasteiger partial charge in [0.25, 0.3) is 0 Å². The molecule has 2 N–H and O–H groups in total. The maximum Gasteiger partial charge on any atom is 1.00 e. The van der Waals surface area contributed by atoms with Crippen molar-refractivity contribution in [1.82, 2.24) is 0 Å². The van der Waals surface area contributed by atoms with Gasteiger partial charge in [-0.2, -0.15) is 20.8 Å². The average Bonchev–Trinajstić information content (AvgIpc) is 2.40. The molecule has 0 aromatic heterocycles. The Morgan fingerprint density at radius 1 is 1.00 bits per heavy atom. The van der Waals surface area contributed by atoms with Crippen LogP contribution >= 0.6 is 0 Å². The average molecular weight is 304 g/mol. The molecule has 0 aliphatic heterocycles. The van der Waals surface area contributed by atoms with Crippen molar-refractivity contribution in [3.05, 3.63) is 0 Å². The summed E-state index contributed by atoms with van der Waals surface area (Å²) in [6.07, 6.45) is -0.0923. The first-order valence-corrected chi connectivity index (χ1v) is 5.96. The summed E-state index contributed by atoms with van der Waals surface area (Å²) in [5.41, 5.74) is 0. The van der Waals surface area contributed by atoms with Crippen LogP contribution in [-0.4, -0.2) is 34.2 Å². The Morgan fingerprint density at radius 3 is 1.48 bits per heavy atom. The molecule has 0 rings (SSSR count). The van der Waals surface area contributed by atoms with Gasteiger partial charge in [0.1, 0.15) is 0 Å². The van der Waals surface area contributed by atoms with Crippen molar-refractivity contribution >= 4 is 11.9 Å². The van der Waals surface area contributed by atoms with Crippen LogP contribution < -0.4 is 29.6 Å². The largest absolute Gasteiger partial charge is 1.00 e. The number of carboxylic acids is 2. The molecule has 0 saturated heterocycles. The summed E-state index contributed by atoms with van der Waals surface area (Å²) in [7, 11) is 0. The van der Waals surface area contributed by atoms with Gasteiger partial charge in [-0.05, 0) is 26.7 Å². The van der Waals surface area contributed by atoms with E-state index in [0.717, 1.165) is 0 Å². The molecule has 110 valence electrons. The van der Waals surface area contributed by atoms with Gasteiger partial charge in [0.05, 0.1) is 12.1 Å². The molecular weight excluding hydrogens is 287 g/mol. The van der Waals surface area contributed by atoms with E-state index in [1.54, 1.807) is 0 Å². The van der Waals surface area contributed by atoms with Gasteiger partial charge in [0.2, 0.25) is 0 Å². The zero-order valence-electron chi connectivity index (χ0n) is 13.2. The van der Waals surface area contributed by atoms with Crippen LogP contribution in [0.3, 0.4) is 0 Å². The first kappa shape index (κ1) is 21.8. The molecular formula is C12H17N4NaO4. The molecule has 9 heteroatoms. The summed E-state index contributed by atoms with van der Waals surface area (Å²) in [6, 6.07) is 1.23. The minimum atomic E-state index is -1.27. The Hall–Kier alpha value is -1.48. The molecule has 0 radical (unpaired) electrons. The van der Waals surface area contributed by atoms with Gasteiger partial charge in [-0.25, -0.2) is 9.59 Å². The monoisotopic (exact) mass is 304 g/mol. The van der Waals surface area contributed by atoms with Crippen LogP contribution in [0, 0.1) is 34.5 Å². The van der Waals surface area contributed by atoms with Crippen molar-refractivity contribution in [1.29, 1.82) is 10.5 Å². The second-order valence-electron chi connectivity index (χ2n) is 4.47. The van der Waals surface area contributed by atoms with E-state index in [2.05, 4.69) is 10.2 Å². The summed E-state index contributed by atoms with van der Waals surface area (Å²) in [5, 5.41) is 42.2. The SMILES string of the molecule is CC(C#N)CC(N=NC(CC(C)C#N)C(=O)O)C(=O)O.[H-].[Na+]. The van der Waals surface area contributed by atoms with Gasteiger partial charge in [-0.1, -0.05) is 0 Å². The molecule has 0 aromatic carbocycles. The van der Waals surface area contributed by atoms with E-state index in [-0.39, 0.29) is 43.8 Å². The zero-order valence-corrected chi connectivity index (χ0v) is 14.2. The van der Waals surface area contributed by atoms with E-state index < -0.39 is 35.9 Å². The number of nitrogens with zero attached hydrogens (tertiary/aromatic N) is 4. The molecule has 0 saturated carbocycles. The molecule has 4 atom stereocenters. The first-order chi connectivity index (χ1) is 9.31. The van der Waals surface area contributed by atoms with Crippen molar-refractivity contribution in [3.8, 4) is 12.1 Å². The molecule has 0 aliphatic rings. The molecule has 0 bridgehead atoms. The molecule has 8 nitrogen and oxygen atoms in total. The Kier molecular flexibility index (Phi) is 11.6. The van der Waals surface area contributed by atoms with E-state index in [1.807, 2.05) is 12.1 Å². The van der Waals surface area contributed by atoms with Gasteiger partial charge in [0, 0.05) is 11.8 Å². The van der Waals surface area contributed by atoms with E-state index in [1.165, 1.54) is 13.8 Å². The van der Waals surface area contributed by atoms with Crippen molar-refractivity contribution in [3.63, 3.8) is 0 Å². The molecule has 0 spiro atoms. The predicted octanol–water partition coefficient (Wildman–Crippen LogP) is -1.44. The normalized spacial score (nSPS) is 15.8. The van der Waals surface area contributed by atoms with Gasteiger partial charge >= 0.3 is 41.5 Å². The maximum atomic E-state index is 10.9. The summed E-state index contributed by atoms with van der Waals surface area (Å²) in [4.78, 5) is 21.9. The molecule has 0 amide bonds. The van der Waals surface area contributed by atoms with E-state index in [4.69, 9.17) is 20.7 Å². The summed E-state index contributed by atoms with van der Waals surface area (Å²) in [6.45, 7) is 3.08. The fourth-order valence-corrected chi connectivity index (χ4v) is 1.33. The number of nitriles is 2. The van der Waals surface area contributed by atoms with Crippen LogP contribution in [0.15, 0.2) is 10.2 Å². The van der Waals surface area contributed by atoms with Crippen LogP contribution in [0.4, 0.5) is 0 Å². The smallest absolute Gasteiger partial charge is 1.00 e. The minimum Gasteiger partial charge on any atom is -1.00 e. The second-order valence-corrected chi connectivity index (χ2v) is 4.47. The quantitative estimate of drug-likeness (QED) is 0.414. The third kappa shape index (κ3) is 9.14. The first-order valence-electron chi connectivity index (χ1n) is 5.96. The van der Waals surface area contributed by atoms with Gasteiger partial charge < -0.3 is 11.6 Å². The van der Waals surface area contributed by atoms with Crippen molar-refractivity contribution in [2.45, 2.75) is 38.8 Å². The maximum absolute atomic E-state index is 10.9. The Morgan fingerprint density at radius 2 is 1.29 bits per heavy atom. The number of rotatable bonds is 8. The molecule has 0 heterocycles. The third-order valence-corrected chi connectivity index (χ3v) is 2.51. The van der Waals surface area contributed by atoms with Crippen molar-refractivity contribution in [2.24, 2.45) is 22.1 Å². The summed E-state index contributed by atoms with van der Waals surface area (Å²) < 4.78 is 0. The predicted molar refractivity (Wildman–Crippen MR) is 67.6 cm³/mol. The number of hydrogen-bond donors (Lipinski definition) is 2. The molecule has 4 unspecified atom stereocenters. The zero-order chi connectivity index (χ0) is 15.7. The summed E-state index contributed by atoms with van der Waals surface area (Å²) >= 11 is 0. The fourth-order valence-electron chi connectivity index (χ4n) is 1.33. The third-order valence-electron chi connectivity index (χ3n) is 2.51. The number of azo groups is 1. The Labute approximate surface area is 146 Å². The number of aliphatic carboxylic acids is 2. The number of carbonyl (C=O) groups is 2. The van der Waals surface area contributed by atoms with Crippen LogP contribution in [0.2, 0.25) is 0 Å². The van der Waals surface area contributed by atoms with E-state index in [9.17, 15) is 9.59 Å². The molecule has 0 aliphatic carbocycles. The Bertz CT molecular complexity index is 433. The fraction of sp³-hybridized carbons (Fsp3) is 0.667. The standard InChI is InChI=1S/C12H16N4O4.Na.H/c1-7(5-13)3-9(11(17)18)15-16-10(12(19)20)4-8(2)6-14;;/h7-10H,3-4H2,1-2H3,(H,17,18)(H,19,20);;/q;+1;-1. The molecule has 21 heavy (non-hydrogen) atoms. The van der Waals surface area contributed by atoms with Crippen molar-refractivity contribution < 1.29 is 50.8 Å². The Balaban J connectivity index is -0.00000180. The van der Waals surface area contributed by atoms with Crippen molar-refractivity contribution in [2.75, 3.05) is 0 Å². The van der Waals surface area contributed by atoms with E-state index >= 15 is 0 Å². The minimum absolute atomic E-state index is 0. The topological polar surface area (TPSA) is 147 Å². The van der Waals surface area contributed by atoms with Gasteiger partial charge in [-0.3, -0.25) is 0 Å². The molecule has 0 aromatic rings. The second kappa shape index (κ2) is 11.2. The van der Waals surface area contributed by atoms with Crippen LogP contribution in [0.5, 0.6) is 0 Å². The van der Waals surface area contributed by atoms with Gasteiger partial charge in [-0.15, -0.1) is 0 Å². The number of carboxylic acid groups (broad SMARTS) is 2. The van der Waals surface area contributed by atoms with Gasteiger partial charge in [0.15, 0.2) is 12.1 Å². The van der Waals surface area contributed by atoms with Crippen LogP contribution in [0.25, 0.3) is 0 Å². The van der Waals surface area contributed by atoms with Crippen LogP contribution in [0.1, 0.15) is 28.1 Å². The van der Waals surface area contributed by atoms with E-state index in [0.29, 0.717) is 0 Å². The summed E-state index contributed by atoms with van der Waals surface area (Å²) in [5.74, 6) is -3.60. The molecule has 0 fully saturated rings. The number of hydrogen-bond acceptors (Lipinski definition) is 6. The van der Waals surface area contributed by atoms with Crippen LogP contribution in [-0.2, 0) is 9.59 Å².